The number of morpholine rings is 1. The molecule has 4 fully saturated rings. The molecular weight excluding hydrogens is 509 g/mol. The lowest BCUT2D eigenvalue weighted by molar-refractivity contribution is -0.127. The van der Waals surface area contributed by atoms with E-state index >= 15 is 0 Å². The third kappa shape index (κ3) is 5.65. The number of amides is 1. The first-order valence-corrected chi connectivity index (χ1v) is 11.8. The molecule has 3 atom stereocenters. The number of fused-ring (bicyclic) bond motifs is 2. The van der Waals surface area contributed by atoms with Crippen LogP contribution in [-0.4, -0.2) is 100 Å². The van der Waals surface area contributed by atoms with Gasteiger partial charge in [-0.25, -0.2) is 4.99 Å². The normalized spacial score (nSPS) is 29.7. The number of carbonyl (C=O) groups excluding carboxylic acids is 1. The number of nitrogens with one attached hydrogen (secondary N) is 2. The quantitative estimate of drug-likeness (QED) is 0.216. The predicted molar refractivity (Wildman–Crippen MR) is 132 cm³/mol. The summed E-state index contributed by atoms with van der Waals surface area (Å²) in [4.78, 5) is 20.8. The summed E-state index contributed by atoms with van der Waals surface area (Å²) in [5.74, 6) is 1.39. The SMILES string of the molecule is CN(C)C(=O)CN=C(NCCCN1CCOCC1)NC1C2CCOC2C12CCCC2.I. The van der Waals surface area contributed by atoms with Crippen LogP contribution in [0.5, 0.6) is 0 Å². The summed E-state index contributed by atoms with van der Waals surface area (Å²) >= 11 is 0. The van der Waals surface area contributed by atoms with Gasteiger partial charge in [0.1, 0.15) is 6.54 Å². The predicted octanol–water partition coefficient (Wildman–Crippen LogP) is 1.30. The molecule has 0 aromatic carbocycles. The van der Waals surface area contributed by atoms with Crippen molar-refractivity contribution in [2.75, 3.05) is 66.6 Å². The van der Waals surface area contributed by atoms with E-state index in [1.54, 1.807) is 19.0 Å². The molecule has 0 aromatic heterocycles. The molecule has 178 valence electrons. The van der Waals surface area contributed by atoms with E-state index in [-0.39, 0.29) is 41.8 Å². The summed E-state index contributed by atoms with van der Waals surface area (Å²) < 4.78 is 11.5. The van der Waals surface area contributed by atoms with E-state index in [9.17, 15) is 4.79 Å². The third-order valence-electron chi connectivity index (χ3n) is 7.50. The lowest BCUT2D eigenvalue weighted by Crippen LogP contribution is -2.69. The van der Waals surface area contributed by atoms with Crippen molar-refractivity contribution < 1.29 is 14.3 Å². The largest absolute Gasteiger partial charge is 0.379 e. The van der Waals surface area contributed by atoms with Crippen molar-refractivity contribution in [3.05, 3.63) is 0 Å². The Kier molecular flexibility index (Phi) is 9.24. The molecule has 1 amide bonds. The highest BCUT2D eigenvalue weighted by Crippen LogP contribution is 2.60. The number of rotatable bonds is 7. The van der Waals surface area contributed by atoms with Crippen LogP contribution in [0.3, 0.4) is 0 Å². The van der Waals surface area contributed by atoms with Crippen LogP contribution in [0.15, 0.2) is 4.99 Å². The Morgan fingerprint density at radius 1 is 1.19 bits per heavy atom. The summed E-state index contributed by atoms with van der Waals surface area (Å²) in [5.41, 5.74) is 0.267. The summed E-state index contributed by atoms with van der Waals surface area (Å²) in [6, 6.07) is 0.410. The van der Waals surface area contributed by atoms with Crippen LogP contribution in [0.25, 0.3) is 0 Å². The lowest BCUT2D eigenvalue weighted by atomic mass is 9.54. The molecule has 4 rings (SSSR count). The Morgan fingerprint density at radius 3 is 2.65 bits per heavy atom. The molecule has 0 radical (unpaired) electrons. The minimum atomic E-state index is 0. The first kappa shape index (κ1) is 25.0. The summed E-state index contributed by atoms with van der Waals surface area (Å²) in [6.45, 7) is 6.68. The number of nitrogens with zero attached hydrogens (tertiary/aromatic N) is 3. The Morgan fingerprint density at radius 2 is 1.94 bits per heavy atom. The zero-order chi connectivity index (χ0) is 21.0. The van der Waals surface area contributed by atoms with E-state index in [0.29, 0.717) is 18.1 Å². The van der Waals surface area contributed by atoms with E-state index < -0.39 is 0 Å². The molecule has 2 aliphatic carbocycles. The van der Waals surface area contributed by atoms with Gasteiger partial charge in [-0.05, 0) is 32.2 Å². The highest BCUT2D eigenvalue weighted by molar-refractivity contribution is 14.0. The van der Waals surface area contributed by atoms with Gasteiger partial charge in [-0.2, -0.15) is 0 Å². The van der Waals surface area contributed by atoms with Crippen molar-refractivity contribution in [1.29, 1.82) is 0 Å². The van der Waals surface area contributed by atoms with Crippen molar-refractivity contribution in [2.24, 2.45) is 16.3 Å². The maximum atomic E-state index is 12.1. The molecule has 0 aromatic rings. The van der Waals surface area contributed by atoms with Crippen LogP contribution < -0.4 is 10.6 Å². The molecule has 0 bridgehead atoms. The molecule has 4 aliphatic rings. The smallest absolute Gasteiger partial charge is 0.243 e. The van der Waals surface area contributed by atoms with Crippen molar-refractivity contribution in [3.8, 4) is 0 Å². The van der Waals surface area contributed by atoms with Gasteiger partial charge in [0.2, 0.25) is 5.91 Å². The van der Waals surface area contributed by atoms with E-state index in [1.807, 2.05) is 0 Å². The molecule has 31 heavy (non-hydrogen) atoms. The Hall–Kier alpha value is -0.650. The van der Waals surface area contributed by atoms with E-state index in [4.69, 9.17) is 9.47 Å². The number of halogens is 1. The molecular formula is C22H40IN5O3. The standard InChI is InChI=1S/C22H39N5O3.HI/c1-26(2)18(28)16-24-21(23-9-5-10-27-11-14-29-15-12-27)25-19-17-6-13-30-20(17)22(19)7-3-4-8-22;/h17,19-20H,3-16H2,1-2H3,(H2,23,24,25);1H. The molecule has 2 heterocycles. The number of ether oxygens (including phenoxy) is 2. The van der Waals surface area contributed by atoms with Gasteiger partial charge in [-0.1, -0.05) is 12.8 Å². The van der Waals surface area contributed by atoms with Gasteiger partial charge >= 0.3 is 0 Å². The van der Waals surface area contributed by atoms with Crippen LogP contribution in [0.1, 0.15) is 38.5 Å². The fourth-order valence-electron chi connectivity index (χ4n) is 5.83. The maximum Gasteiger partial charge on any atom is 0.243 e. The Labute approximate surface area is 203 Å². The first-order valence-electron chi connectivity index (χ1n) is 11.8. The fraction of sp³-hybridized carbons (Fsp3) is 0.909. The van der Waals surface area contributed by atoms with Crippen molar-refractivity contribution in [2.45, 2.75) is 50.7 Å². The van der Waals surface area contributed by atoms with Gasteiger partial charge in [0, 0.05) is 57.7 Å². The molecule has 2 saturated carbocycles. The Bertz CT molecular complexity index is 620. The van der Waals surface area contributed by atoms with Crippen molar-refractivity contribution >= 4 is 35.8 Å². The van der Waals surface area contributed by atoms with Gasteiger partial charge in [-0.15, -0.1) is 24.0 Å². The topological polar surface area (TPSA) is 78.4 Å². The summed E-state index contributed by atoms with van der Waals surface area (Å²) in [7, 11) is 3.56. The minimum absolute atomic E-state index is 0. The number of hydrogen-bond acceptors (Lipinski definition) is 5. The number of carbonyl (C=O) groups is 1. The maximum absolute atomic E-state index is 12.1. The number of guanidine groups is 1. The van der Waals surface area contributed by atoms with Gasteiger partial charge in [-0.3, -0.25) is 9.69 Å². The third-order valence-corrected chi connectivity index (χ3v) is 7.50. The zero-order valence-electron chi connectivity index (χ0n) is 19.1. The second-order valence-electron chi connectivity index (χ2n) is 9.49. The lowest BCUT2D eigenvalue weighted by Gasteiger charge is -2.57. The molecule has 1 spiro atoms. The van der Waals surface area contributed by atoms with Crippen LogP contribution in [0.4, 0.5) is 0 Å². The monoisotopic (exact) mass is 549 g/mol. The number of hydrogen-bond donors (Lipinski definition) is 2. The highest BCUT2D eigenvalue weighted by Gasteiger charge is 2.65. The molecule has 8 nitrogen and oxygen atoms in total. The average molecular weight is 549 g/mol. The van der Waals surface area contributed by atoms with Gasteiger partial charge in [0.25, 0.3) is 0 Å². The van der Waals surface area contributed by atoms with Crippen LogP contribution in [0, 0.1) is 11.3 Å². The van der Waals surface area contributed by atoms with Crippen molar-refractivity contribution in [1.82, 2.24) is 20.4 Å². The van der Waals surface area contributed by atoms with E-state index in [2.05, 4.69) is 20.5 Å². The molecule has 2 saturated heterocycles. The van der Waals surface area contributed by atoms with E-state index in [1.165, 1.54) is 25.7 Å². The molecule has 3 unspecified atom stereocenters. The number of likely N-dealkylation sites (N-methyl/N-ethyl adjacent to an activating group) is 1. The second kappa shape index (κ2) is 11.5. The van der Waals surface area contributed by atoms with E-state index in [0.717, 1.165) is 64.8 Å². The second-order valence-corrected chi connectivity index (χ2v) is 9.49. The number of aliphatic imine (C=N–C) groups is 1. The van der Waals surface area contributed by atoms with Gasteiger partial charge in [0.15, 0.2) is 5.96 Å². The molecule has 2 aliphatic heterocycles. The van der Waals surface area contributed by atoms with Crippen LogP contribution in [0.2, 0.25) is 0 Å². The minimum Gasteiger partial charge on any atom is -0.379 e. The zero-order valence-corrected chi connectivity index (χ0v) is 21.4. The van der Waals surface area contributed by atoms with Crippen LogP contribution in [-0.2, 0) is 14.3 Å². The van der Waals surface area contributed by atoms with Crippen LogP contribution >= 0.6 is 24.0 Å². The average Bonchev–Trinajstić information content (AvgIpc) is 3.42. The summed E-state index contributed by atoms with van der Waals surface area (Å²) in [5, 5.41) is 7.25. The fourth-order valence-corrected chi connectivity index (χ4v) is 5.83. The van der Waals surface area contributed by atoms with Gasteiger partial charge < -0.3 is 25.0 Å². The van der Waals surface area contributed by atoms with Gasteiger partial charge in [0.05, 0.1) is 19.3 Å². The molecule has 9 heteroatoms. The molecule has 2 N–H and O–H groups in total. The first-order chi connectivity index (χ1) is 14.6. The summed E-state index contributed by atoms with van der Waals surface area (Å²) in [6.07, 6.45) is 7.67. The Balaban J connectivity index is 0.00000272. The van der Waals surface area contributed by atoms with Crippen molar-refractivity contribution in [3.63, 3.8) is 0 Å². The highest BCUT2D eigenvalue weighted by atomic mass is 127.